The largest absolute Gasteiger partial charge is 0.494 e. The van der Waals surface area contributed by atoms with Gasteiger partial charge in [0.1, 0.15) is 11.6 Å². The van der Waals surface area contributed by atoms with Gasteiger partial charge in [-0.15, -0.1) is 0 Å². The van der Waals surface area contributed by atoms with E-state index in [2.05, 4.69) is 21.1 Å². The summed E-state index contributed by atoms with van der Waals surface area (Å²) >= 11 is 0. The van der Waals surface area contributed by atoms with Crippen LogP contribution < -0.4 is 4.74 Å². The molecule has 2 aromatic carbocycles. The average molecular weight is 318 g/mol. The zero-order valence-corrected chi connectivity index (χ0v) is 13.4. The van der Waals surface area contributed by atoms with Crippen molar-refractivity contribution in [1.29, 1.82) is 0 Å². The van der Waals surface area contributed by atoms with E-state index < -0.39 is 0 Å². The number of H-pyrrole nitrogens is 1. The Kier molecular flexibility index (Phi) is 3.75. The molecule has 0 saturated carbocycles. The van der Waals surface area contributed by atoms with Crippen LogP contribution in [0.25, 0.3) is 22.4 Å². The first-order valence-corrected chi connectivity index (χ1v) is 8.02. The van der Waals surface area contributed by atoms with Gasteiger partial charge in [0, 0.05) is 23.5 Å². The highest BCUT2D eigenvalue weighted by molar-refractivity contribution is 5.79. The zero-order chi connectivity index (χ0) is 16.4. The quantitative estimate of drug-likeness (QED) is 0.607. The van der Waals surface area contributed by atoms with Crippen LogP contribution in [0.2, 0.25) is 0 Å². The Bertz CT molecular complexity index is 924. The van der Waals surface area contributed by atoms with Gasteiger partial charge < -0.3 is 9.72 Å². The smallest absolute Gasteiger partial charge is 0.138 e. The Morgan fingerprint density at radius 2 is 2.04 bits per heavy atom. The number of aromatic nitrogens is 4. The van der Waals surface area contributed by atoms with Gasteiger partial charge in [-0.2, -0.15) is 5.10 Å². The molecule has 0 unspecified atom stereocenters. The fourth-order valence-corrected chi connectivity index (χ4v) is 2.80. The fourth-order valence-electron chi connectivity index (χ4n) is 2.80. The predicted octanol–water partition coefficient (Wildman–Crippen LogP) is 3.87. The van der Waals surface area contributed by atoms with Crippen LogP contribution in [0.5, 0.6) is 5.75 Å². The van der Waals surface area contributed by atoms with E-state index in [0.29, 0.717) is 13.2 Å². The summed E-state index contributed by atoms with van der Waals surface area (Å²) in [7, 11) is 0. The lowest BCUT2D eigenvalue weighted by Crippen LogP contribution is -2.04. The molecule has 24 heavy (non-hydrogen) atoms. The van der Waals surface area contributed by atoms with Crippen LogP contribution >= 0.6 is 0 Å². The van der Waals surface area contributed by atoms with Crippen molar-refractivity contribution in [3.05, 3.63) is 66.5 Å². The Balaban J connectivity index is 1.75. The van der Waals surface area contributed by atoms with E-state index in [-0.39, 0.29) is 0 Å². The number of nitrogens with zero attached hydrogens (tertiary/aromatic N) is 3. The number of para-hydroxylation sites is 2. The summed E-state index contributed by atoms with van der Waals surface area (Å²) in [6.45, 7) is 3.29. The molecule has 2 aromatic heterocycles. The van der Waals surface area contributed by atoms with E-state index >= 15 is 0 Å². The van der Waals surface area contributed by atoms with Crippen molar-refractivity contribution in [2.45, 2.75) is 13.5 Å². The second-order valence-electron chi connectivity index (χ2n) is 5.56. The Morgan fingerprint density at radius 1 is 1.12 bits per heavy atom. The number of hydrogen-bond donors (Lipinski definition) is 1. The van der Waals surface area contributed by atoms with E-state index in [0.717, 1.165) is 33.7 Å². The van der Waals surface area contributed by atoms with Crippen molar-refractivity contribution >= 4 is 11.0 Å². The van der Waals surface area contributed by atoms with Crippen molar-refractivity contribution in [1.82, 2.24) is 19.7 Å². The van der Waals surface area contributed by atoms with Gasteiger partial charge in [0.2, 0.25) is 0 Å². The molecule has 120 valence electrons. The summed E-state index contributed by atoms with van der Waals surface area (Å²) in [5, 5.41) is 4.29. The van der Waals surface area contributed by atoms with Gasteiger partial charge in [-0.05, 0) is 43.3 Å². The minimum absolute atomic E-state index is 0.635. The lowest BCUT2D eigenvalue weighted by Gasteiger charge is -2.12. The molecule has 5 nitrogen and oxygen atoms in total. The van der Waals surface area contributed by atoms with Gasteiger partial charge in [-0.25, -0.2) is 4.98 Å². The third-order valence-electron chi connectivity index (χ3n) is 3.91. The number of nitrogens with one attached hydrogen (secondary N) is 1. The third-order valence-corrected chi connectivity index (χ3v) is 3.91. The zero-order valence-electron chi connectivity index (χ0n) is 13.4. The number of ether oxygens (including phenoxy) is 1. The van der Waals surface area contributed by atoms with Crippen LogP contribution in [-0.2, 0) is 6.54 Å². The van der Waals surface area contributed by atoms with Crippen LogP contribution in [0.3, 0.4) is 0 Å². The van der Waals surface area contributed by atoms with Crippen LogP contribution in [0.15, 0.2) is 60.9 Å². The van der Waals surface area contributed by atoms with E-state index in [1.165, 1.54) is 0 Å². The predicted molar refractivity (Wildman–Crippen MR) is 94.0 cm³/mol. The van der Waals surface area contributed by atoms with Gasteiger partial charge in [0.15, 0.2) is 0 Å². The maximum atomic E-state index is 5.76. The summed E-state index contributed by atoms with van der Waals surface area (Å²) in [6, 6.07) is 16.1. The number of aromatic amines is 1. The molecule has 0 radical (unpaired) electrons. The molecule has 0 fully saturated rings. The van der Waals surface area contributed by atoms with Gasteiger partial charge in [0.05, 0.1) is 24.2 Å². The standard InChI is InChI=1S/C19H18N4O/c1-2-24-18-9-8-14(12-15(18)13-23-11-5-10-20-23)19-21-16-6-3-4-7-17(16)22-19/h3-12H,2,13H2,1H3,(H,21,22). The first-order chi connectivity index (χ1) is 11.8. The van der Waals surface area contributed by atoms with Crippen LogP contribution in [-0.4, -0.2) is 26.4 Å². The third kappa shape index (κ3) is 2.76. The van der Waals surface area contributed by atoms with E-state index in [9.17, 15) is 0 Å². The lowest BCUT2D eigenvalue weighted by atomic mass is 10.1. The van der Waals surface area contributed by atoms with Crippen molar-refractivity contribution in [3.63, 3.8) is 0 Å². The number of imidazole rings is 1. The van der Waals surface area contributed by atoms with Gasteiger partial charge in [-0.3, -0.25) is 4.68 Å². The SMILES string of the molecule is CCOc1ccc(-c2nc3ccccc3[nH]2)cc1Cn1cccn1. The molecule has 0 aliphatic carbocycles. The van der Waals surface area contributed by atoms with Crippen molar-refractivity contribution in [2.24, 2.45) is 0 Å². The van der Waals surface area contributed by atoms with Crippen molar-refractivity contribution in [3.8, 4) is 17.1 Å². The van der Waals surface area contributed by atoms with Crippen LogP contribution in [0.1, 0.15) is 12.5 Å². The lowest BCUT2D eigenvalue weighted by molar-refractivity contribution is 0.335. The van der Waals surface area contributed by atoms with E-state index in [1.54, 1.807) is 6.20 Å². The normalized spacial score (nSPS) is 11.0. The monoisotopic (exact) mass is 318 g/mol. The molecule has 4 aromatic rings. The van der Waals surface area contributed by atoms with Crippen LogP contribution in [0, 0.1) is 0 Å². The Hall–Kier alpha value is -3.08. The van der Waals surface area contributed by atoms with Crippen LogP contribution in [0.4, 0.5) is 0 Å². The van der Waals surface area contributed by atoms with Crippen molar-refractivity contribution < 1.29 is 4.74 Å². The maximum Gasteiger partial charge on any atom is 0.138 e. The minimum Gasteiger partial charge on any atom is -0.494 e. The fraction of sp³-hybridized carbons (Fsp3) is 0.158. The van der Waals surface area contributed by atoms with Crippen molar-refractivity contribution in [2.75, 3.05) is 6.61 Å². The molecule has 0 amide bonds. The maximum absolute atomic E-state index is 5.76. The van der Waals surface area contributed by atoms with Gasteiger partial charge >= 0.3 is 0 Å². The molecule has 1 N–H and O–H groups in total. The molecule has 0 spiro atoms. The number of benzene rings is 2. The molecule has 0 aliphatic heterocycles. The average Bonchev–Trinajstić information content (AvgIpc) is 3.25. The second-order valence-corrected chi connectivity index (χ2v) is 5.56. The molecule has 4 rings (SSSR count). The molecule has 0 saturated heterocycles. The van der Waals surface area contributed by atoms with E-state index in [1.807, 2.05) is 60.3 Å². The minimum atomic E-state index is 0.635. The highest BCUT2D eigenvalue weighted by Crippen LogP contribution is 2.27. The molecular formula is C19H18N4O. The second kappa shape index (κ2) is 6.20. The number of rotatable bonds is 5. The summed E-state index contributed by atoms with van der Waals surface area (Å²) < 4.78 is 7.65. The van der Waals surface area contributed by atoms with Gasteiger partial charge in [-0.1, -0.05) is 12.1 Å². The Morgan fingerprint density at radius 3 is 2.83 bits per heavy atom. The highest BCUT2D eigenvalue weighted by Gasteiger charge is 2.10. The molecular weight excluding hydrogens is 300 g/mol. The highest BCUT2D eigenvalue weighted by atomic mass is 16.5. The summed E-state index contributed by atoms with van der Waals surface area (Å²) in [6.07, 6.45) is 3.73. The Labute approximate surface area is 139 Å². The van der Waals surface area contributed by atoms with E-state index in [4.69, 9.17) is 4.74 Å². The summed E-state index contributed by atoms with van der Waals surface area (Å²) in [4.78, 5) is 8.05. The first kappa shape index (κ1) is 14.5. The first-order valence-electron chi connectivity index (χ1n) is 8.02. The summed E-state index contributed by atoms with van der Waals surface area (Å²) in [5.41, 5.74) is 4.13. The van der Waals surface area contributed by atoms with Gasteiger partial charge in [0.25, 0.3) is 0 Å². The number of fused-ring (bicyclic) bond motifs is 1. The molecule has 0 aliphatic rings. The number of hydrogen-bond acceptors (Lipinski definition) is 3. The molecule has 2 heterocycles. The molecule has 0 atom stereocenters. The summed E-state index contributed by atoms with van der Waals surface area (Å²) in [5.74, 6) is 1.74. The molecule has 0 bridgehead atoms. The molecule has 5 heteroatoms. The topological polar surface area (TPSA) is 55.7 Å².